The Morgan fingerprint density at radius 3 is 3.03 bits per heavy atom. The number of fused-ring (bicyclic) bond motifs is 5. The predicted octanol–water partition coefficient (Wildman–Crippen LogP) is 1.47. The quantitative estimate of drug-likeness (QED) is 0.610. The Morgan fingerprint density at radius 2 is 2.14 bits per heavy atom. The molecule has 2 bridgehead atoms. The SMILES string of the molecule is O=C1NCCCOc2ncc(F)cc2C2COC(=O)N2c2ccn3ncc1c3n2. The molecule has 0 aliphatic carbocycles. The second-order valence-electron chi connectivity index (χ2n) is 6.58. The number of amides is 2. The lowest BCUT2D eigenvalue weighted by atomic mass is 10.1. The van der Waals surface area contributed by atoms with Gasteiger partial charge in [0.05, 0.1) is 19.0 Å². The molecule has 1 atom stereocenters. The van der Waals surface area contributed by atoms with Crippen molar-refractivity contribution >= 4 is 23.5 Å². The third-order valence-corrected chi connectivity index (χ3v) is 4.77. The van der Waals surface area contributed by atoms with Gasteiger partial charge in [-0.1, -0.05) is 0 Å². The van der Waals surface area contributed by atoms with Crippen LogP contribution in [0.1, 0.15) is 28.4 Å². The molecular formula is C18H15FN6O4. The number of rotatable bonds is 0. The highest BCUT2D eigenvalue weighted by molar-refractivity contribution is 6.00. The van der Waals surface area contributed by atoms with Crippen molar-refractivity contribution in [3.63, 3.8) is 0 Å². The summed E-state index contributed by atoms with van der Waals surface area (Å²) in [5.41, 5.74) is 0.957. The maximum absolute atomic E-state index is 14.0. The maximum atomic E-state index is 14.0. The number of nitrogens with one attached hydrogen (secondary N) is 1. The zero-order valence-corrected chi connectivity index (χ0v) is 15.0. The Hall–Kier alpha value is -3.76. The molecule has 3 aromatic rings. The second-order valence-corrected chi connectivity index (χ2v) is 6.58. The van der Waals surface area contributed by atoms with Gasteiger partial charge in [-0.05, 0) is 18.6 Å². The molecule has 1 unspecified atom stereocenters. The van der Waals surface area contributed by atoms with Crippen LogP contribution in [0.25, 0.3) is 5.65 Å². The van der Waals surface area contributed by atoms with Crippen LogP contribution in [0.5, 0.6) is 5.88 Å². The summed E-state index contributed by atoms with van der Waals surface area (Å²) in [5, 5.41) is 6.91. The normalized spacial score (nSPS) is 19.2. The van der Waals surface area contributed by atoms with Gasteiger partial charge in [0.15, 0.2) is 5.65 Å². The lowest BCUT2D eigenvalue weighted by Crippen LogP contribution is -2.30. The van der Waals surface area contributed by atoms with Crippen molar-refractivity contribution in [1.82, 2.24) is 24.9 Å². The highest BCUT2D eigenvalue weighted by Gasteiger charge is 2.39. The van der Waals surface area contributed by atoms with E-state index in [0.717, 1.165) is 6.20 Å². The molecule has 1 saturated heterocycles. The molecule has 1 N–H and O–H groups in total. The van der Waals surface area contributed by atoms with Gasteiger partial charge in [-0.15, -0.1) is 0 Å². The van der Waals surface area contributed by atoms with Gasteiger partial charge in [0, 0.05) is 18.3 Å². The number of halogens is 1. The fourth-order valence-electron chi connectivity index (χ4n) is 3.40. The van der Waals surface area contributed by atoms with Crippen molar-refractivity contribution in [3.8, 4) is 5.88 Å². The van der Waals surface area contributed by atoms with E-state index < -0.39 is 18.0 Å². The van der Waals surface area contributed by atoms with E-state index in [0.29, 0.717) is 24.2 Å². The van der Waals surface area contributed by atoms with E-state index in [4.69, 9.17) is 9.47 Å². The zero-order chi connectivity index (χ0) is 20.0. The van der Waals surface area contributed by atoms with Crippen molar-refractivity contribution in [2.75, 3.05) is 24.7 Å². The number of carbonyl (C=O) groups is 2. The van der Waals surface area contributed by atoms with Crippen molar-refractivity contribution in [3.05, 3.63) is 47.7 Å². The third-order valence-electron chi connectivity index (χ3n) is 4.77. The van der Waals surface area contributed by atoms with Crippen LogP contribution in [0.2, 0.25) is 0 Å². The summed E-state index contributed by atoms with van der Waals surface area (Å²) in [6.07, 6.45) is 3.92. The zero-order valence-electron chi connectivity index (χ0n) is 15.0. The van der Waals surface area contributed by atoms with Crippen LogP contribution in [0.4, 0.5) is 15.0 Å². The average molecular weight is 398 g/mol. The molecule has 2 aliphatic rings. The van der Waals surface area contributed by atoms with E-state index in [9.17, 15) is 14.0 Å². The summed E-state index contributed by atoms with van der Waals surface area (Å²) in [7, 11) is 0. The Morgan fingerprint density at radius 1 is 1.24 bits per heavy atom. The van der Waals surface area contributed by atoms with Crippen molar-refractivity contribution < 1.29 is 23.5 Å². The van der Waals surface area contributed by atoms with Gasteiger partial charge < -0.3 is 14.8 Å². The highest BCUT2D eigenvalue weighted by atomic mass is 19.1. The van der Waals surface area contributed by atoms with Gasteiger partial charge in [-0.25, -0.2) is 23.7 Å². The summed E-state index contributed by atoms with van der Waals surface area (Å²) in [6, 6.07) is 2.16. The maximum Gasteiger partial charge on any atom is 0.416 e. The molecule has 0 saturated carbocycles. The van der Waals surface area contributed by atoms with Gasteiger partial charge in [0.25, 0.3) is 5.91 Å². The minimum atomic E-state index is -0.682. The number of ether oxygens (including phenoxy) is 2. The highest BCUT2D eigenvalue weighted by Crippen LogP contribution is 2.36. The number of cyclic esters (lactones) is 1. The van der Waals surface area contributed by atoms with E-state index in [1.165, 1.54) is 21.7 Å². The number of aromatic nitrogens is 4. The molecule has 1 fully saturated rings. The van der Waals surface area contributed by atoms with Gasteiger partial charge in [0.1, 0.15) is 29.8 Å². The molecule has 2 aliphatic heterocycles. The molecule has 5 rings (SSSR count). The lowest BCUT2D eigenvalue weighted by Gasteiger charge is -2.22. The summed E-state index contributed by atoms with van der Waals surface area (Å²) in [4.78, 5) is 34.7. The first-order valence-corrected chi connectivity index (χ1v) is 8.98. The Kier molecular flexibility index (Phi) is 4.00. The first-order valence-electron chi connectivity index (χ1n) is 8.98. The molecule has 5 heterocycles. The van der Waals surface area contributed by atoms with E-state index in [1.54, 1.807) is 12.3 Å². The predicted molar refractivity (Wildman–Crippen MR) is 96.2 cm³/mol. The second kappa shape index (κ2) is 6.69. The molecule has 148 valence electrons. The van der Waals surface area contributed by atoms with E-state index in [1.807, 2.05) is 0 Å². The van der Waals surface area contributed by atoms with Crippen LogP contribution in [-0.2, 0) is 4.74 Å². The summed E-state index contributed by atoms with van der Waals surface area (Å²) in [6.45, 7) is 0.601. The van der Waals surface area contributed by atoms with Crippen LogP contribution < -0.4 is 15.0 Å². The minimum absolute atomic E-state index is 0.0141. The summed E-state index contributed by atoms with van der Waals surface area (Å²) < 4.78 is 26.3. The fourth-order valence-corrected chi connectivity index (χ4v) is 3.40. The van der Waals surface area contributed by atoms with Crippen LogP contribution in [-0.4, -0.2) is 51.3 Å². The van der Waals surface area contributed by atoms with Crippen molar-refractivity contribution in [2.45, 2.75) is 12.5 Å². The molecule has 11 heteroatoms. The number of nitrogens with zero attached hydrogens (tertiary/aromatic N) is 5. The van der Waals surface area contributed by atoms with Gasteiger partial charge in [-0.2, -0.15) is 5.10 Å². The largest absolute Gasteiger partial charge is 0.477 e. The molecule has 29 heavy (non-hydrogen) atoms. The standard InChI is InChI=1S/C18H15FN6O4/c19-10-6-11-13-9-29-18(27)25(13)14-2-4-24-15(23-14)12(8-22-24)16(26)20-3-1-5-28-17(11)21-7-10/h2,4,6-8,13H,1,3,5,9H2,(H,20,26). The number of pyridine rings is 1. The lowest BCUT2D eigenvalue weighted by molar-refractivity contribution is 0.0952. The molecule has 3 aromatic heterocycles. The van der Waals surface area contributed by atoms with Crippen molar-refractivity contribution in [1.29, 1.82) is 0 Å². The van der Waals surface area contributed by atoms with Crippen LogP contribution in [0.15, 0.2) is 30.7 Å². The monoisotopic (exact) mass is 398 g/mol. The molecule has 2 amide bonds. The number of anilines is 1. The van der Waals surface area contributed by atoms with E-state index >= 15 is 0 Å². The molecule has 10 nitrogen and oxygen atoms in total. The average Bonchev–Trinajstić information content (AvgIpc) is 3.31. The summed E-state index contributed by atoms with van der Waals surface area (Å²) in [5.74, 6) is -0.439. The van der Waals surface area contributed by atoms with E-state index in [2.05, 4.69) is 20.4 Å². The first-order chi connectivity index (χ1) is 14.1. The Balaban J connectivity index is 1.69. The molecule has 0 aromatic carbocycles. The fraction of sp³-hybridized carbons (Fsp3) is 0.278. The van der Waals surface area contributed by atoms with Gasteiger partial charge in [0.2, 0.25) is 5.88 Å². The summed E-state index contributed by atoms with van der Waals surface area (Å²) >= 11 is 0. The first kappa shape index (κ1) is 17.3. The molecule has 0 spiro atoms. The van der Waals surface area contributed by atoms with E-state index in [-0.39, 0.29) is 36.4 Å². The third kappa shape index (κ3) is 2.91. The number of hydrogen-bond donors (Lipinski definition) is 1. The van der Waals surface area contributed by atoms with Gasteiger partial charge in [-0.3, -0.25) is 9.69 Å². The molecule has 0 radical (unpaired) electrons. The van der Waals surface area contributed by atoms with Gasteiger partial charge >= 0.3 is 6.09 Å². The topological polar surface area (TPSA) is 111 Å². The molecular weight excluding hydrogens is 383 g/mol. The van der Waals surface area contributed by atoms with Crippen LogP contribution in [0.3, 0.4) is 0 Å². The number of carbonyl (C=O) groups excluding carboxylic acids is 2. The Bertz CT molecular complexity index is 1130. The van der Waals surface area contributed by atoms with Crippen LogP contribution in [0, 0.1) is 5.82 Å². The Labute approximate surface area is 163 Å². The van der Waals surface area contributed by atoms with Crippen molar-refractivity contribution in [2.24, 2.45) is 0 Å². The minimum Gasteiger partial charge on any atom is -0.477 e. The number of hydrogen-bond acceptors (Lipinski definition) is 7. The van der Waals surface area contributed by atoms with Crippen LogP contribution >= 0.6 is 0 Å². The smallest absolute Gasteiger partial charge is 0.416 e.